The van der Waals surface area contributed by atoms with Crippen LogP contribution in [0.1, 0.15) is 18.5 Å². The maximum absolute atomic E-state index is 13.4. The Morgan fingerprint density at radius 2 is 1.92 bits per heavy atom. The number of carbonyl (C=O) groups excluding carboxylic acids is 2. The van der Waals surface area contributed by atoms with E-state index in [0.29, 0.717) is 16.3 Å². The normalized spacial score (nSPS) is 16.8. The van der Waals surface area contributed by atoms with Gasteiger partial charge in [-0.25, -0.2) is 13.6 Å². The molecule has 1 unspecified atom stereocenters. The van der Waals surface area contributed by atoms with Crippen molar-refractivity contribution in [3.8, 4) is 0 Å². The second-order valence-corrected chi connectivity index (χ2v) is 6.14. The van der Waals surface area contributed by atoms with Gasteiger partial charge in [-0.05, 0) is 36.8 Å². The van der Waals surface area contributed by atoms with Crippen molar-refractivity contribution >= 4 is 29.2 Å². The van der Waals surface area contributed by atoms with Gasteiger partial charge in [-0.15, -0.1) is 0 Å². The molecule has 1 aliphatic rings. The molecular weight excluding hydrogens is 364 g/mol. The molecule has 0 spiro atoms. The van der Waals surface area contributed by atoms with E-state index < -0.39 is 29.6 Å². The maximum atomic E-state index is 13.4. The smallest absolute Gasteiger partial charge is 0.319 e. The monoisotopic (exact) mass is 377 g/mol. The number of hydrogen-bond acceptors (Lipinski definition) is 2. The molecule has 0 aromatic heterocycles. The number of nitrogens with one attached hydrogen (secondary N) is 3. The van der Waals surface area contributed by atoms with Crippen LogP contribution >= 0.6 is 11.6 Å². The van der Waals surface area contributed by atoms with Crippen molar-refractivity contribution in [1.29, 1.82) is 0 Å². The Labute approximate surface area is 153 Å². The summed E-state index contributed by atoms with van der Waals surface area (Å²) in [7, 11) is 0. The quantitative estimate of drug-likeness (QED) is 0.759. The standard InChI is InChI=1S/C18H14ClF2N3O2/c1-9-15(17(25)23-12-5-6-13(20)14(21)8-12)16(24-18(26)22-9)10-3-2-4-11(19)7-10/h2-8,16H,1H3,(H,23,25)(H2,22,24,26). The predicted molar refractivity (Wildman–Crippen MR) is 93.5 cm³/mol. The Morgan fingerprint density at radius 1 is 1.15 bits per heavy atom. The van der Waals surface area contributed by atoms with Crippen molar-refractivity contribution in [2.75, 3.05) is 5.32 Å². The zero-order valence-electron chi connectivity index (χ0n) is 13.6. The third kappa shape index (κ3) is 3.67. The summed E-state index contributed by atoms with van der Waals surface area (Å²) in [6.07, 6.45) is 0. The molecule has 2 aromatic carbocycles. The van der Waals surface area contributed by atoms with Crippen molar-refractivity contribution in [1.82, 2.24) is 10.6 Å². The molecule has 0 aliphatic carbocycles. The second kappa shape index (κ2) is 7.13. The molecular formula is C18H14ClF2N3O2. The van der Waals surface area contributed by atoms with E-state index in [-0.39, 0.29) is 11.3 Å². The highest BCUT2D eigenvalue weighted by atomic mass is 35.5. The highest BCUT2D eigenvalue weighted by molar-refractivity contribution is 6.30. The Bertz CT molecular complexity index is 930. The summed E-state index contributed by atoms with van der Waals surface area (Å²) in [4.78, 5) is 24.6. The fourth-order valence-corrected chi connectivity index (χ4v) is 2.90. The molecule has 1 atom stereocenters. The number of allylic oxidation sites excluding steroid dienone is 1. The first-order valence-electron chi connectivity index (χ1n) is 7.65. The number of benzene rings is 2. The van der Waals surface area contributed by atoms with Crippen LogP contribution in [0.25, 0.3) is 0 Å². The van der Waals surface area contributed by atoms with Gasteiger partial charge in [0.2, 0.25) is 0 Å². The van der Waals surface area contributed by atoms with Gasteiger partial charge in [0, 0.05) is 22.5 Å². The molecule has 3 amide bonds. The van der Waals surface area contributed by atoms with E-state index in [0.717, 1.165) is 12.1 Å². The van der Waals surface area contributed by atoms with Crippen LogP contribution in [-0.2, 0) is 4.79 Å². The van der Waals surface area contributed by atoms with E-state index >= 15 is 0 Å². The molecule has 8 heteroatoms. The van der Waals surface area contributed by atoms with Crippen LogP contribution < -0.4 is 16.0 Å². The van der Waals surface area contributed by atoms with Crippen LogP contribution in [0.3, 0.4) is 0 Å². The maximum Gasteiger partial charge on any atom is 0.319 e. The zero-order chi connectivity index (χ0) is 18.8. The molecule has 3 rings (SSSR count). The molecule has 1 heterocycles. The molecule has 0 radical (unpaired) electrons. The van der Waals surface area contributed by atoms with Crippen LogP contribution in [0.2, 0.25) is 5.02 Å². The minimum atomic E-state index is -1.07. The van der Waals surface area contributed by atoms with Crippen molar-refractivity contribution in [2.24, 2.45) is 0 Å². The molecule has 0 bridgehead atoms. The minimum Gasteiger partial charge on any atom is -0.327 e. The molecule has 5 nitrogen and oxygen atoms in total. The van der Waals surface area contributed by atoms with Crippen molar-refractivity contribution in [3.05, 3.63) is 76.0 Å². The minimum absolute atomic E-state index is 0.0935. The van der Waals surface area contributed by atoms with Gasteiger partial charge < -0.3 is 16.0 Å². The lowest BCUT2D eigenvalue weighted by Crippen LogP contribution is -2.45. The topological polar surface area (TPSA) is 70.2 Å². The zero-order valence-corrected chi connectivity index (χ0v) is 14.3. The fourth-order valence-electron chi connectivity index (χ4n) is 2.70. The first kappa shape index (κ1) is 17.9. The van der Waals surface area contributed by atoms with Gasteiger partial charge in [-0.1, -0.05) is 23.7 Å². The van der Waals surface area contributed by atoms with E-state index in [1.54, 1.807) is 31.2 Å². The Morgan fingerprint density at radius 3 is 2.62 bits per heavy atom. The number of hydrogen-bond donors (Lipinski definition) is 3. The number of rotatable bonds is 3. The predicted octanol–water partition coefficient (Wildman–Crippen LogP) is 3.88. The van der Waals surface area contributed by atoms with Gasteiger partial charge in [-0.3, -0.25) is 4.79 Å². The summed E-state index contributed by atoms with van der Waals surface area (Å²) in [5.74, 6) is -2.65. The largest absolute Gasteiger partial charge is 0.327 e. The summed E-state index contributed by atoms with van der Waals surface area (Å²) >= 11 is 6.00. The van der Waals surface area contributed by atoms with Gasteiger partial charge >= 0.3 is 6.03 Å². The van der Waals surface area contributed by atoms with Gasteiger partial charge in [0.25, 0.3) is 5.91 Å². The summed E-state index contributed by atoms with van der Waals surface area (Å²) < 4.78 is 26.4. The van der Waals surface area contributed by atoms with Crippen LogP contribution in [0.4, 0.5) is 19.3 Å². The fraction of sp³-hybridized carbons (Fsp3) is 0.111. The van der Waals surface area contributed by atoms with E-state index in [4.69, 9.17) is 11.6 Å². The average molecular weight is 378 g/mol. The van der Waals surface area contributed by atoms with Gasteiger partial charge in [0.05, 0.1) is 11.6 Å². The molecule has 2 aromatic rings. The van der Waals surface area contributed by atoms with E-state index in [1.165, 1.54) is 6.07 Å². The summed E-state index contributed by atoms with van der Waals surface area (Å²) in [6.45, 7) is 1.58. The Hall–Kier alpha value is -2.93. The number of anilines is 1. The second-order valence-electron chi connectivity index (χ2n) is 5.71. The number of carbonyl (C=O) groups is 2. The van der Waals surface area contributed by atoms with E-state index in [9.17, 15) is 18.4 Å². The lowest BCUT2D eigenvalue weighted by molar-refractivity contribution is -0.113. The lowest BCUT2D eigenvalue weighted by atomic mass is 9.95. The third-order valence-corrected chi connectivity index (χ3v) is 4.11. The Kier molecular flexibility index (Phi) is 4.90. The first-order valence-corrected chi connectivity index (χ1v) is 8.03. The third-order valence-electron chi connectivity index (χ3n) is 3.87. The number of urea groups is 1. The van der Waals surface area contributed by atoms with Gasteiger partial charge in [-0.2, -0.15) is 0 Å². The SMILES string of the molecule is CC1=C(C(=O)Nc2ccc(F)c(F)c2)C(c2cccc(Cl)c2)NC(=O)N1. The highest BCUT2D eigenvalue weighted by Gasteiger charge is 2.31. The van der Waals surface area contributed by atoms with Gasteiger partial charge in [0.15, 0.2) is 11.6 Å². The van der Waals surface area contributed by atoms with Crippen LogP contribution in [0, 0.1) is 11.6 Å². The van der Waals surface area contributed by atoms with Crippen molar-refractivity contribution in [2.45, 2.75) is 13.0 Å². The molecule has 26 heavy (non-hydrogen) atoms. The highest BCUT2D eigenvalue weighted by Crippen LogP contribution is 2.29. The van der Waals surface area contributed by atoms with E-state index in [2.05, 4.69) is 16.0 Å². The molecule has 1 aliphatic heterocycles. The summed E-state index contributed by atoms with van der Waals surface area (Å²) in [6, 6.07) is 8.57. The van der Waals surface area contributed by atoms with E-state index in [1.807, 2.05) is 0 Å². The number of amides is 3. The molecule has 0 fully saturated rings. The van der Waals surface area contributed by atoms with Gasteiger partial charge in [0.1, 0.15) is 0 Å². The van der Waals surface area contributed by atoms with Crippen LogP contribution in [0.15, 0.2) is 53.7 Å². The lowest BCUT2D eigenvalue weighted by Gasteiger charge is -2.28. The molecule has 3 N–H and O–H groups in total. The number of halogens is 3. The van der Waals surface area contributed by atoms with Crippen LogP contribution in [0.5, 0.6) is 0 Å². The van der Waals surface area contributed by atoms with Crippen molar-refractivity contribution < 1.29 is 18.4 Å². The summed E-state index contributed by atoms with van der Waals surface area (Å²) in [5.41, 5.74) is 1.29. The molecule has 0 saturated heterocycles. The Balaban J connectivity index is 1.95. The van der Waals surface area contributed by atoms with Crippen molar-refractivity contribution in [3.63, 3.8) is 0 Å². The van der Waals surface area contributed by atoms with Crippen LogP contribution in [-0.4, -0.2) is 11.9 Å². The average Bonchev–Trinajstić information content (AvgIpc) is 2.57. The summed E-state index contributed by atoms with van der Waals surface area (Å²) in [5, 5.41) is 8.16. The molecule has 134 valence electrons. The first-order chi connectivity index (χ1) is 12.3. The molecule has 0 saturated carbocycles.